The Balaban J connectivity index is 1.70. The molecule has 2 atom stereocenters. The summed E-state index contributed by atoms with van der Waals surface area (Å²) >= 11 is 0. The van der Waals surface area contributed by atoms with E-state index >= 15 is 0 Å². The molecule has 15 heteroatoms. The molecule has 0 saturated carbocycles. The number of carbonyl (C=O) groups excluding carboxylic acids is 2. The molecule has 1 aliphatic rings. The molecule has 0 radical (unpaired) electrons. The Kier molecular flexibility index (Phi) is 10.8. The van der Waals surface area contributed by atoms with Crippen LogP contribution in [0, 0.1) is 10.1 Å². The first-order valence-corrected chi connectivity index (χ1v) is 14.5. The summed E-state index contributed by atoms with van der Waals surface area (Å²) in [5, 5.41) is 12.5. The summed E-state index contributed by atoms with van der Waals surface area (Å²) in [5.74, 6) is -0.737. The van der Waals surface area contributed by atoms with Crippen LogP contribution in [0.4, 0.5) is 31.1 Å². The molecule has 3 aromatic rings. The normalized spacial score (nSPS) is 20.0. The van der Waals surface area contributed by atoms with Crippen LogP contribution >= 0.6 is 0 Å². The van der Waals surface area contributed by atoms with Gasteiger partial charge < -0.3 is 14.2 Å². The molecule has 9 nitrogen and oxygen atoms in total. The van der Waals surface area contributed by atoms with Crippen molar-refractivity contribution in [3.8, 4) is 5.75 Å². The van der Waals surface area contributed by atoms with Crippen LogP contribution < -0.4 is 4.74 Å². The van der Waals surface area contributed by atoms with Crippen molar-refractivity contribution in [1.29, 1.82) is 0 Å². The second-order valence-electron chi connectivity index (χ2n) is 11.1. The van der Waals surface area contributed by atoms with Crippen LogP contribution in [0.25, 0.3) is 0 Å². The highest BCUT2D eigenvalue weighted by molar-refractivity contribution is 5.82. The highest BCUT2D eigenvalue weighted by atomic mass is 19.4. The summed E-state index contributed by atoms with van der Waals surface area (Å²) in [4.78, 5) is 38.7. The molecule has 4 rings (SSSR count). The van der Waals surface area contributed by atoms with E-state index in [0.29, 0.717) is 17.7 Å². The fraction of sp³-hybridized carbons (Fsp3) is 0.333. The highest BCUT2D eigenvalue weighted by Gasteiger charge is 2.56. The van der Waals surface area contributed by atoms with Gasteiger partial charge in [0.25, 0.3) is 5.54 Å². The maximum atomic E-state index is 13.9. The zero-order valence-corrected chi connectivity index (χ0v) is 25.4. The number of nitrogens with zero attached hydrogens (tertiary/aromatic N) is 2. The van der Waals surface area contributed by atoms with Crippen LogP contribution in [0.1, 0.15) is 35.1 Å². The average molecular weight is 681 g/mol. The third kappa shape index (κ3) is 8.32. The van der Waals surface area contributed by atoms with Gasteiger partial charge in [-0.05, 0) is 54.3 Å². The Bertz CT molecular complexity index is 1600. The van der Waals surface area contributed by atoms with E-state index in [1.807, 2.05) is 0 Å². The molecule has 256 valence electrons. The number of piperidine rings is 1. The number of likely N-dealkylation sites (tertiary alicyclic amines) is 1. The van der Waals surface area contributed by atoms with Crippen molar-refractivity contribution >= 4 is 12.1 Å². The molecular weight excluding hydrogens is 650 g/mol. The number of carbonyl (C=O) groups is 2. The second kappa shape index (κ2) is 14.5. The van der Waals surface area contributed by atoms with Crippen molar-refractivity contribution in [3.63, 3.8) is 0 Å². The Morgan fingerprint density at radius 2 is 1.50 bits per heavy atom. The van der Waals surface area contributed by atoms with Crippen LogP contribution in [-0.4, -0.2) is 54.3 Å². The lowest BCUT2D eigenvalue weighted by molar-refractivity contribution is -0.561. The van der Waals surface area contributed by atoms with Gasteiger partial charge in [-0.25, -0.2) is 9.59 Å². The molecule has 1 fully saturated rings. The quantitative estimate of drug-likeness (QED) is 0.0556. The van der Waals surface area contributed by atoms with Crippen molar-refractivity contribution in [2.75, 3.05) is 26.9 Å². The number of nitro groups is 1. The van der Waals surface area contributed by atoms with Crippen molar-refractivity contribution in [3.05, 3.63) is 123 Å². The number of halogens is 6. The van der Waals surface area contributed by atoms with Crippen LogP contribution in [-0.2, 0) is 38.6 Å². The van der Waals surface area contributed by atoms with Gasteiger partial charge in [0.15, 0.2) is 0 Å². The van der Waals surface area contributed by atoms with Crippen molar-refractivity contribution in [1.82, 2.24) is 4.90 Å². The Morgan fingerprint density at radius 1 is 0.917 bits per heavy atom. The third-order valence-electron chi connectivity index (χ3n) is 8.02. The van der Waals surface area contributed by atoms with Gasteiger partial charge in [-0.3, -0.25) is 15.0 Å². The maximum absolute atomic E-state index is 13.9. The van der Waals surface area contributed by atoms with E-state index < -0.39 is 58.1 Å². The lowest BCUT2D eigenvalue weighted by atomic mass is 9.74. The summed E-state index contributed by atoms with van der Waals surface area (Å²) in [7, 11) is 1.09. The predicted molar refractivity (Wildman–Crippen MR) is 158 cm³/mol. The summed E-state index contributed by atoms with van der Waals surface area (Å²) < 4.78 is 96.4. The van der Waals surface area contributed by atoms with E-state index in [9.17, 15) is 46.0 Å². The van der Waals surface area contributed by atoms with E-state index in [-0.39, 0.29) is 49.9 Å². The molecule has 0 unspecified atom stereocenters. The SMILES string of the molecule is COC(=O)/C=C/[C@]1([N+](=O)[O-])CC[C@](COCCc2cc(C(F)(F)F)cc(C(F)(F)F)c2)(c2ccccc2)N(C(=O)Oc2ccccc2)C1. The van der Waals surface area contributed by atoms with Gasteiger partial charge in [0.2, 0.25) is 0 Å². The highest BCUT2D eigenvalue weighted by Crippen LogP contribution is 2.44. The van der Waals surface area contributed by atoms with Crippen molar-refractivity contribution in [2.24, 2.45) is 0 Å². The molecule has 0 aromatic heterocycles. The number of hydrogen-bond acceptors (Lipinski definition) is 7. The molecule has 3 aromatic carbocycles. The monoisotopic (exact) mass is 680 g/mol. The predicted octanol–water partition coefficient (Wildman–Crippen LogP) is 7.22. The lowest BCUT2D eigenvalue weighted by Gasteiger charge is -2.49. The van der Waals surface area contributed by atoms with Gasteiger partial charge in [0.05, 0.1) is 43.5 Å². The minimum Gasteiger partial charge on any atom is -0.466 e. The molecule has 1 saturated heterocycles. The number of methoxy groups -OCH3 is 1. The number of esters is 1. The van der Waals surface area contributed by atoms with Crippen LogP contribution in [0.3, 0.4) is 0 Å². The largest absolute Gasteiger partial charge is 0.466 e. The van der Waals surface area contributed by atoms with Crippen LogP contribution in [0.5, 0.6) is 5.75 Å². The van der Waals surface area contributed by atoms with Crippen LogP contribution in [0.2, 0.25) is 0 Å². The second-order valence-corrected chi connectivity index (χ2v) is 11.1. The van der Waals surface area contributed by atoms with Gasteiger partial charge in [0, 0.05) is 23.5 Å². The summed E-state index contributed by atoms with van der Waals surface area (Å²) in [6, 6.07) is 17.4. The summed E-state index contributed by atoms with van der Waals surface area (Å²) in [6.45, 7) is -1.32. The number of benzene rings is 3. The van der Waals surface area contributed by atoms with Gasteiger partial charge in [-0.15, -0.1) is 0 Å². The number of amides is 1. The molecule has 0 spiro atoms. The Labute approximate surface area is 270 Å². The van der Waals surface area contributed by atoms with E-state index in [1.165, 1.54) is 12.1 Å². The fourth-order valence-electron chi connectivity index (χ4n) is 5.46. The number of hydrogen-bond donors (Lipinski definition) is 0. The Morgan fingerprint density at radius 3 is 2.04 bits per heavy atom. The van der Waals surface area contributed by atoms with E-state index in [2.05, 4.69) is 4.74 Å². The Hall–Kier alpha value is -4.92. The number of rotatable bonds is 10. The summed E-state index contributed by atoms with van der Waals surface area (Å²) in [5.41, 5.74) is -6.15. The van der Waals surface area contributed by atoms with E-state index in [1.54, 1.807) is 48.5 Å². The smallest absolute Gasteiger partial charge is 0.416 e. The van der Waals surface area contributed by atoms with Crippen LogP contribution in [0.15, 0.2) is 91.0 Å². The minimum atomic E-state index is -5.03. The van der Waals surface area contributed by atoms with Crippen molar-refractivity contribution in [2.45, 2.75) is 42.7 Å². The molecule has 0 N–H and O–H groups in total. The molecular formula is C33H30F6N2O7. The number of para-hydroxylation sites is 1. The maximum Gasteiger partial charge on any atom is 0.416 e. The first-order valence-electron chi connectivity index (χ1n) is 14.5. The topological polar surface area (TPSA) is 108 Å². The molecule has 1 amide bonds. The zero-order valence-electron chi connectivity index (χ0n) is 25.4. The zero-order chi connectivity index (χ0) is 35.2. The third-order valence-corrected chi connectivity index (χ3v) is 8.02. The number of alkyl halides is 6. The van der Waals surface area contributed by atoms with Crippen molar-refractivity contribution < 1.29 is 55.1 Å². The lowest BCUT2D eigenvalue weighted by Crippen LogP contribution is -2.64. The first-order chi connectivity index (χ1) is 22.6. The molecule has 1 aliphatic heterocycles. The fourth-order valence-corrected chi connectivity index (χ4v) is 5.46. The van der Waals surface area contributed by atoms with Gasteiger partial charge >= 0.3 is 24.4 Å². The molecule has 0 bridgehead atoms. The molecule has 1 heterocycles. The molecule has 0 aliphatic carbocycles. The standard InChI is InChI=1S/C33H30F6N2O7/c1-46-28(42)12-14-30(41(44)45)15-16-31(24-8-4-2-5-9-24,40(21-30)29(43)48-27-10-6-3-7-11-27)22-47-17-13-23-18-25(32(34,35)36)20-26(19-23)33(37,38)39/h2-12,14,18-20H,13,15-17,21-22H2,1H3/b14-12+/t30-,31-/m0/s1. The molecule has 48 heavy (non-hydrogen) atoms. The summed E-state index contributed by atoms with van der Waals surface area (Å²) in [6.07, 6.45) is -9.79. The van der Waals surface area contributed by atoms with E-state index in [4.69, 9.17) is 9.47 Å². The van der Waals surface area contributed by atoms with Gasteiger partial charge in [0.1, 0.15) is 5.75 Å². The average Bonchev–Trinajstić information content (AvgIpc) is 3.05. The minimum absolute atomic E-state index is 0.0310. The van der Waals surface area contributed by atoms with Gasteiger partial charge in [-0.1, -0.05) is 48.5 Å². The first kappa shape index (κ1) is 35.9. The van der Waals surface area contributed by atoms with E-state index in [0.717, 1.165) is 24.2 Å². The van der Waals surface area contributed by atoms with Gasteiger partial charge in [-0.2, -0.15) is 26.3 Å². The number of ether oxygens (including phenoxy) is 3.